The van der Waals surface area contributed by atoms with E-state index in [9.17, 15) is 9.79 Å². The molecule has 2 atom stereocenters. The molecule has 376 valence electrons. The first kappa shape index (κ1) is 69.7. The van der Waals surface area contributed by atoms with E-state index in [0.29, 0.717) is 13.2 Å². The molecule has 0 aromatic heterocycles. The monoisotopic (exact) mass is 1050 g/mol. The van der Waals surface area contributed by atoms with Gasteiger partial charge in [-0.15, -0.1) is 22.8 Å². The number of hydrogen-bond donors (Lipinski definition) is 0. The van der Waals surface area contributed by atoms with Crippen LogP contribution in [0.2, 0.25) is 0 Å². The van der Waals surface area contributed by atoms with Crippen LogP contribution < -0.4 is 9.79 Å². The molecule has 0 radical (unpaired) electrons. The third kappa shape index (κ3) is 64.5. The molecule has 0 aromatic rings. The molecular weight excluding hydrogens is 944 g/mol. The maximum Gasteiger partial charge on any atom is 2.00 e. The topological polar surface area (TPSA) is 64.6 Å². The van der Waals surface area contributed by atoms with E-state index in [2.05, 4.69) is 55.4 Å². The maximum absolute atomic E-state index is 12.3. The minimum absolute atomic E-state index is 0. The Bertz CT molecular complexity index is 848. The summed E-state index contributed by atoms with van der Waals surface area (Å²) >= 11 is 13.2. The second-order valence-electron chi connectivity index (χ2n) is 20.3. The summed E-state index contributed by atoms with van der Waals surface area (Å²) in [5.74, 6) is 5.15. The predicted molar refractivity (Wildman–Crippen MR) is 291 cm³/mol. The van der Waals surface area contributed by atoms with E-state index in [1.54, 1.807) is 0 Å². The molecule has 63 heavy (non-hydrogen) atoms. The van der Waals surface area contributed by atoms with Crippen molar-refractivity contribution in [3.05, 3.63) is 0 Å². The van der Waals surface area contributed by atoms with E-state index in [4.69, 9.17) is 32.7 Å². The predicted octanol–water partition coefficient (Wildman–Crippen LogP) is 19.3. The Morgan fingerprint density at radius 2 is 0.492 bits per heavy atom. The summed E-state index contributed by atoms with van der Waals surface area (Å²) in [6.45, 7) is 19.6. The second kappa shape index (κ2) is 52.3. The fourth-order valence-electron chi connectivity index (χ4n) is 7.64. The van der Waals surface area contributed by atoms with Crippen LogP contribution in [0.3, 0.4) is 0 Å². The van der Waals surface area contributed by atoms with Gasteiger partial charge in [0, 0.05) is 11.4 Å². The van der Waals surface area contributed by atoms with Crippen molar-refractivity contribution in [2.45, 2.75) is 287 Å². The summed E-state index contributed by atoms with van der Waals surface area (Å²) in [4.78, 5) is 24.7. The van der Waals surface area contributed by atoms with E-state index in [0.717, 1.165) is 60.9 Å². The average Bonchev–Trinajstić information content (AvgIpc) is 3.19. The molecular formula is C52H108O4P2S4Zn. The minimum Gasteiger partial charge on any atom is -0.793 e. The van der Waals surface area contributed by atoms with Crippen LogP contribution in [-0.2, 0) is 52.1 Å². The van der Waals surface area contributed by atoms with Crippen LogP contribution in [-0.4, -0.2) is 24.7 Å². The van der Waals surface area contributed by atoms with Gasteiger partial charge in [-0.25, -0.2) is 0 Å². The van der Waals surface area contributed by atoms with E-state index < -0.39 is 11.4 Å². The van der Waals surface area contributed by atoms with Crippen LogP contribution in [0, 0.1) is 23.7 Å². The van der Waals surface area contributed by atoms with Crippen LogP contribution in [0.1, 0.15) is 287 Å². The fourth-order valence-corrected chi connectivity index (χ4v) is 14.4. The summed E-state index contributed by atoms with van der Waals surface area (Å²) in [5.41, 5.74) is -5.71. The van der Waals surface area contributed by atoms with Gasteiger partial charge in [0.25, 0.3) is 0 Å². The normalized spacial score (nSPS) is 13.7. The summed E-state index contributed by atoms with van der Waals surface area (Å²) in [6, 6.07) is 0. The van der Waals surface area contributed by atoms with Gasteiger partial charge < -0.3 is 18.8 Å². The van der Waals surface area contributed by atoms with Crippen LogP contribution in [0.15, 0.2) is 0 Å². The van der Waals surface area contributed by atoms with Gasteiger partial charge in [-0.05, 0) is 60.9 Å². The molecule has 0 amide bonds. The molecule has 0 heterocycles. The molecule has 0 aliphatic heterocycles. The average molecular weight is 1050 g/mol. The first-order chi connectivity index (χ1) is 29.7. The van der Waals surface area contributed by atoms with Crippen molar-refractivity contribution in [2.75, 3.05) is 24.7 Å². The summed E-state index contributed by atoms with van der Waals surface area (Å²) in [6.07, 6.45) is 47.0. The molecule has 0 aliphatic rings. The number of rotatable bonds is 48. The fraction of sp³-hybridized carbons (Fsp3) is 1.00. The van der Waals surface area contributed by atoms with Gasteiger partial charge in [0.1, 0.15) is 0 Å². The molecule has 0 saturated heterocycles. The molecule has 0 spiro atoms. The molecule has 0 saturated carbocycles. The molecule has 4 nitrogen and oxygen atoms in total. The summed E-state index contributed by atoms with van der Waals surface area (Å²) < 4.78 is 11.1. The molecule has 2 unspecified atom stereocenters. The standard InChI is InChI=1S/2C26H55O2PS2.Zn/c2*1-25(2)21-17-13-9-5-7-11-15-19-23-28-29(27,30)31-24-20-16-12-8-6-10-14-18-22-26(3)4;/h2*25-26H,5-24H2,1-4H3,(H,27,30);/q;;+2/p-2. The largest absolute Gasteiger partial charge is 2.00 e. The quantitative estimate of drug-likeness (QED) is 0.0339. The van der Waals surface area contributed by atoms with E-state index >= 15 is 0 Å². The Morgan fingerprint density at radius 1 is 0.317 bits per heavy atom. The van der Waals surface area contributed by atoms with Gasteiger partial charge in [-0.1, -0.05) is 284 Å². The Morgan fingerprint density at radius 3 is 0.698 bits per heavy atom. The Balaban J connectivity index is -0.00000112. The van der Waals surface area contributed by atoms with Crippen LogP contribution >= 0.6 is 34.2 Å². The van der Waals surface area contributed by atoms with Crippen molar-refractivity contribution in [1.29, 1.82) is 0 Å². The van der Waals surface area contributed by atoms with Crippen molar-refractivity contribution in [3.63, 3.8) is 0 Å². The SMILES string of the molecule is CC(C)CCCCCCCCCCOP([O-])(=S)SCCCCCCCCCCC(C)C.CC(C)CCCCCCCCCCOP([O-])(=S)SCCCCCCCCCCC(C)C.[Zn+2]. The van der Waals surface area contributed by atoms with Gasteiger partial charge in [0.05, 0.1) is 13.2 Å². The molecule has 0 aromatic carbocycles. The Hall–Kier alpha value is 2.46. The van der Waals surface area contributed by atoms with Crippen molar-refractivity contribution >= 4 is 57.8 Å². The van der Waals surface area contributed by atoms with E-state index in [-0.39, 0.29) is 19.5 Å². The van der Waals surface area contributed by atoms with Gasteiger partial charge in [0.15, 0.2) is 0 Å². The first-order valence-corrected chi connectivity index (χ1v) is 35.3. The number of hydrogen-bond acceptors (Lipinski definition) is 8. The Labute approximate surface area is 427 Å². The molecule has 0 fully saturated rings. The molecule has 0 rings (SSSR count). The van der Waals surface area contributed by atoms with Crippen molar-refractivity contribution in [1.82, 2.24) is 0 Å². The maximum atomic E-state index is 12.3. The van der Waals surface area contributed by atoms with E-state index in [1.807, 2.05) is 0 Å². The van der Waals surface area contributed by atoms with Crippen LogP contribution in [0.25, 0.3) is 0 Å². The van der Waals surface area contributed by atoms with Crippen LogP contribution in [0.5, 0.6) is 0 Å². The zero-order valence-electron chi connectivity index (χ0n) is 43.5. The van der Waals surface area contributed by atoms with Gasteiger partial charge in [-0.2, -0.15) is 0 Å². The van der Waals surface area contributed by atoms with Crippen molar-refractivity contribution in [2.24, 2.45) is 23.7 Å². The minimum atomic E-state index is -2.86. The van der Waals surface area contributed by atoms with Gasteiger partial charge in [-0.3, -0.25) is 0 Å². The van der Waals surface area contributed by atoms with Crippen molar-refractivity contribution < 1.29 is 38.3 Å². The third-order valence-electron chi connectivity index (χ3n) is 11.7. The number of unbranched alkanes of at least 4 members (excludes halogenated alkanes) is 28. The molecule has 11 heteroatoms. The van der Waals surface area contributed by atoms with Gasteiger partial charge >= 0.3 is 19.5 Å². The van der Waals surface area contributed by atoms with E-state index in [1.165, 1.54) is 228 Å². The smallest absolute Gasteiger partial charge is 0.793 e. The van der Waals surface area contributed by atoms with Crippen molar-refractivity contribution in [3.8, 4) is 0 Å². The zero-order valence-corrected chi connectivity index (χ0v) is 51.5. The molecule has 0 N–H and O–H groups in total. The summed E-state index contributed by atoms with van der Waals surface area (Å²) in [7, 11) is 0. The zero-order chi connectivity index (χ0) is 46.4. The van der Waals surface area contributed by atoms with Gasteiger partial charge in [0.2, 0.25) is 0 Å². The summed E-state index contributed by atoms with van der Waals surface area (Å²) in [5, 5.41) is 0. The van der Waals surface area contributed by atoms with Crippen LogP contribution in [0.4, 0.5) is 0 Å². The molecule has 0 aliphatic carbocycles. The molecule has 0 bridgehead atoms. The Kier molecular flexibility index (Phi) is 57.9. The third-order valence-corrected chi connectivity index (χ3v) is 20.4. The first-order valence-electron chi connectivity index (χ1n) is 26.9. The second-order valence-corrected chi connectivity index (χ2v) is 32.6.